The highest BCUT2D eigenvalue weighted by molar-refractivity contribution is 6.31. The van der Waals surface area contributed by atoms with E-state index >= 15 is 0 Å². The van der Waals surface area contributed by atoms with Gasteiger partial charge in [0.1, 0.15) is 11.9 Å². The summed E-state index contributed by atoms with van der Waals surface area (Å²) >= 11 is 6.33. The molecule has 1 unspecified atom stereocenters. The van der Waals surface area contributed by atoms with Crippen LogP contribution in [0.5, 0.6) is 5.75 Å². The molecule has 2 aliphatic rings. The largest absolute Gasteiger partial charge is 0.487 e. The summed E-state index contributed by atoms with van der Waals surface area (Å²) in [7, 11) is 1.36. The number of methoxy groups -OCH3 is 1. The van der Waals surface area contributed by atoms with Gasteiger partial charge in [0.05, 0.1) is 19.2 Å². The third-order valence-corrected chi connectivity index (χ3v) is 5.68. The van der Waals surface area contributed by atoms with Crippen LogP contribution in [0.2, 0.25) is 5.02 Å². The number of hydrogen-bond donors (Lipinski definition) is 1. The van der Waals surface area contributed by atoms with Gasteiger partial charge in [-0.25, -0.2) is 4.79 Å². The first-order valence-electron chi connectivity index (χ1n) is 9.50. The molecule has 0 spiro atoms. The minimum Gasteiger partial charge on any atom is -0.487 e. The number of carbonyl (C=O) groups excluding carboxylic acids is 2. The molecule has 1 aliphatic heterocycles. The zero-order chi connectivity index (χ0) is 19.7. The summed E-state index contributed by atoms with van der Waals surface area (Å²) in [5.74, 6) is 0.712. The summed E-state index contributed by atoms with van der Waals surface area (Å²) in [5, 5.41) is 3.65. The van der Waals surface area contributed by atoms with Crippen molar-refractivity contribution in [1.29, 1.82) is 0 Å². The maximum absolute atomic E-state index is 12.1. The Morgan fingerprint density at radius 2 is 1.96 bits per heavy atom. The fraction of sp³-hybridized carbons (Fsp3) is 0.364. The molecule has 4 rings (SSSR count). The normalized spacial score (nSPS) is 18.0. The predicted molar refractivity (Wildman–Crippen MR) is 107 cm³/mol. The average molecular weight is 400 g/mol. The molecule has 1 aliphatic carbocycles. The number of rotatable bonds is 5. The summed E-state index contributed by atoms with van der Waals surface area (Å²) in [4.78, 5) is 23.7. The average Bonchev–Trinajstić information content (AvgIpc) is 3.06. The Balaban J connectivity index is 1.51. The zero-order valence-electron chi connectivity index (χ0n) is 15.7. The van der Waals surface area contributed by atoms with Gasteiger partial charge in [0.2, 0.25) is 5.91 Å². The number of benzene rings is 2. The smallest absolute Gasteiger partial charge is 0.337 e. The van der Waals surface area contributed by atoms with Crippen LogP contribution >= 0.6 is 11.6 Å². The third-order valence-electron chi connectivity index (χ3n) is 5.46. The van der Waals surface area contributed by atoms with Gasteiger partial charge in [-0.2, -0.15) is 0 Å². The van der Waals surface area contributed by atoms with Crippen molar-refractivity contribution in [3.8, 4) is 16.9 Å². The molecule has 2 aromatic rings. The number of fused-ring (bicyclic) bond motifs is 1. The number of nitrogens with one attached hydrogen (secondary N) is 1. The van der Waals surface area contributed by atoms with E-state index in [1.54, 1.807) is 12.1 Å². The Morgan fingerprint density at radius 1 is 1.21 bits per heavy atom. The molecule has 1 amide bonds. The molecule has 0 bridgehead atoms. The van der Waals surface area contributed by atoms with Crippen LogP contribution in [0, 0.1) is 5.92 Å². The number of amides is 1. The Labute approximate surface area is 169 Å². The van der Waals surface area contributed by atoms with E-state index in [1.165, 1.54) is 7.11 Å². The predicted octanol–water partition coefficient (Wildman–Crippen LogP) is 4.01. The highest BCUT2D eigenvalue weighted by Gasteiger charge is 2.29. The molecule has 28 heavy (non-hydrogen) atoms. The lowest BCUT2D eigenvalue weighted by Crippen LogP contribution is -2.40. The van der Waals surface area contributed by atoms with Crippen molar-refractivity contribution in [2.45, 2.75) is 31.8 Å². The summed E-state index contributed by atoms with van der Waals surface area (Å²) in [6.45, 7) is 0.488. The number of halogens is 1. The lowest BCUT2D eigenvalue weighted by molar-refractivity contribution is -0.127. The van der Waals surface area contributed by atoms with Gasteiger partial charge in [-0.3, -0.25) is 4.79 Å². The van der Waals surface area contributed by atoms with E-state index in [0.29, 0.717) is 23.6 Å². The molecule has 5 nitrogen and oxygen atoms in total. The molecule has 1 atom stereocenters. The quantitative estimate of drug-likeness (QED) is 0.771. The number of esters is 1. The van der Waals surface area contributed by atoms with Crippen molar-refractivity contribution in [1.82, 2.24) is 5.32 Å². The Morgan fingerprint density at radius 3 is 2.61 bits per heavy atom. The van der Waals surface area contributed by atoms with Gasteiger partial charge >= 0.3 is 5.97 Å². The second-order valence-corrected chi connectivity index (χ2v) is 7.76. The molecule has 2 aromatic carbocycles. The standard InChI is InChI=1S/C22H22ClNO4/c1-27-22(26)15-7-5-13(6-8-15)19-11-17(23)9-16-10-18(28-20(16)19)12-24-21(25)14-3-2-4-14/h5-9,11,14,18H,2-4,10,12H2,1H3,(H,24,25). The molecular weight excluding hydrogens is 378 g/mol. The van der Waals surface area contributed by atoms with Gasteiger partial charge in [-0.1, -0.05) is 30.2 Å². The molecule has 1 fully saturated rings. The van der Waals surface area contributed by atoms with Crippen molar-refractivity contribution >= 4 is 23.5 Å². The first kappa shape index (κ1) is 18.8. The fourth-order valence-electron chi connectivity index (χ4n) is 3.66. The van der Waals surface area contributed by atoms with E-state index in [0.717, 1.165) is 41.7 Å². The van der Waals surface area contributed by atoms with Crippen LogP contribution in [-0.2, 0) is 16.0 Å². The molecule has 0 radical (unpaired) electrons. The molecule has 0 saturated heterocycles. The first-order valence-corrected chi connectivity index (χ1v) is 9.88. The van der Waals surface area contributed by atoms with Crippen LogP contribution in [0.25, 0.3) is 11.1 Å². The highest BCUT2D eigenvalue weighted by Crippen LogP contribution is 2.41. The number of hydrogen-bond acceptors (Lipinski definition) is 4. The van der Waals surface area contributed by atoms with Crippen LogP contribution in [0.15, 0.2) is 36.4 Å². The second kappa shape index (κ2) is 7.84. The van der Waals surface area contributed by atoms with E-state index in [9.17, 15) is 9.59 Å². The molecule has 1 N–H and O–H groups in total. The third kappa shape index (κ3) is 3.72. The van der Waals surface area contributed by atoms with Gasteiger partial charge in [0, 0.05) is 28.5 Å². The minimum atomic E-state index is -0.374. The summed E-state index contributed by atoms with van der Waals surface area (Å²) in [6.07, 6.45) is 3.71. The van der Waals surface area contributed by atoms with Crippen LogP contribution in [0.3, 0.4) is 0 Å². The van der Waals surface area contributed by atoms with Crippen LogP contribution < -0.4 is 10.1 Å². The van der Waals surface area contributed by atoms with Gasteiger partial charge in [0.15, 0.2) is 0 Å². The lowest BCUT2D eigenvalue weighted by atomic mass is 9.85. The SMILES string of the molecule is COC(=O)c1ccc(-c2cc(Cl)cc3c2OC(CNC(=O)C2CCC2)C3)cc1. The van der Waals surface area contributed by atoms with E-state index in [2.05, 4.69) is 5.32 Å². The summed E-state index contributed by atoms with van der Waals surface area (Å²) in [6, 6.07) is 10.9. The molecule has 1 heterocycles. The van der Waals surface area contributed by atoms with Crippen molar-refractivity contribution in [3.63, 3.8) is 0 Å². The number of ether oxygens (including phenoxy) is 2. The van der Waals surface area contributed by atoms with Crippen LogP contribution in [-0.4, -0.2) is 31.6 Å². The summed E-state index contributed by atoms with van der Waals surface area (Å²) < 4.78 is 10.9. The van der Waals surface area contributed by atoms with Gasteiger partial charge < -0.3 is 14.8 Å². The van der Waals surface area contributed by atoms with Crippen molar-refractivity contribution in [2.75, 3.05) is 13.7 Å². The van der Waals surface area contributed by atoms with Crippen LogP contribution in [0.4, 0.5) is 0 Å². The molecule has 146 valence electrons. The first-order chi connectivity index (χ1) is 13.5. The van der Waals surface area contributed by atoms with E-state index < -0.39 is 0 Å². The monoisotopic (exact) mass is 399 g/mol. The fourth-order valence-corrected chi connectivity index (χ4v) is 3.90. The number of carbonyl (C=O) groups is 2. The highest BCUT2D eigenvalue weighted by atomic mass is 35.5. The van der Waals surface area contributed by atoms with Gasteiger partial charge in [-0.15, -0.1) is 0 Å². The molecule has 6 heteroatoms. The molecular formula is C22H22ClNO4. The van der Waals surface area contributed by atoms with Crippen molar-refractivity contribution < 1.29 is 19.1 Å². The van der Waals surface area contributed by atoms with Gasteiger partial charge in [0.25, 0.3) is 0 Å². The van der Waals surface area contributed by atoms with Crippen molar-refractivity contribution in [2.24, 2.45) is 5.92 Å². The Bertz CT molecular complexity index is 905. The summed E-state index contributed by atoms with van der Waals surface area (Å²) in [5.41, 5.74) is 3.31. The topological polar surface area (TPSA) is 64.6 Å². The maximum atomic E-state index is 12.1. The van der Waals surface area contributed by atoms with Gasteiger partial charge in [-0.05, 0) is 42.7 Å². The van der Waals surface area contributed by atoms with E-state index in [4.69, 9.17) is 21.1 Å². The zero-order valence-corrected chi connectivity index (χ0v) is 16.4. The maximum Gasteiger partial charge on any atom is 0.337 e. The lowest BCUT2D eigenvalue weighted by Gasteiger charge is -2.24. The van der Waals surface area contributed by atoms with Crippen LogP contribution in [0.1, 0.15) is 35.2 Å². The minimum absolute atomic E-state index is 0.106. The molecule has 1 saturated carbocycles. The van der Waals surface area contributed by atoms with E-state index in [1.807, 2.05) is 24.3 Å². The van der Waals surface area contributed by atoms with E-state index in [-0.39, 0.29) is 23.9 Å². The van der Waals surface area contributed by atoms with Crippen molar-refractivity contribution in [3.05, 3.63) is 52.5 Å². The second-order valence-electron chi connectivity index (χ2n) is 7.33. The molecule has 0 aromatic heterocycles. The Kier molecular flexibility index (Phi) is 5.27. The Hall–Kier alpha value is -2.53.